The normalized spacial score (nSPS) is 10.4. The number of hydrogen-bond acceptors (Lipinski definition) is 4. The van der Waals surface area contributed by atoms with Gasteiger partial charge in [0.05, 0.1) is 24.6 Å². The molecule has 2 aromatic carbocycles. The Morgan fingerprint density at radius 2 is 1.89 bits per heavy atom. The maximum absolute atomic E-state index is 12.7. The van der Waals surface area contributed by atoms with E-state index >= 15 is 0 Å². The van der Waals surface area contributed by atoms with Crippen LogP contribution in [0.15, 0.2) is 67.0 Å². The number of amides is 1. The lowest BCUT2D eigenvalue weighted by molar-refractivity contribution is 0.0950. The fourth-order valence-electron chi connectivity index (χ4n) is 3.14. The van der Waals surface area contributed by atoms with Gasteiger partial charge in [0.15, 0.2) is 0 Å². The van der Waals surface area contributed by atoms with E-state index in [1.165, 1.54) is 5.56 Å². The van der Waals surface area contributed by atoms with Gasteiger partial charge in [0.1, 0.15) is 5.75 Å². The third-order valence-corrected chi connectivity index (χ3v) is 4.56. The molecule has 1 heterocycles. The molecular formula is C23H25N3O2. The molecule has 5 nitrogen and oxygen atoms in total. The number of pyridine rings is 1. The summed E-state index contributed by atoms with van der Waals surface area (Å²) in [4.78, 5) is 19.1. The van der Waals surface area contributed by atoms with Gasteiger partial charge >= 0.3 is 0 Å². The van der Waals surface area contributed by atoms with E-state index in [1.54, 1.807) is 19.5 Å². The van der Waals surface area contributed by atoms with Crippen molar-refractivity contribution in [1.29, 1.82) is 0 Å². The molecule has 0 aliphatic carbocycles. The maximum atomic E-state index is 12.7. The average Bonchev–Trinajstić information content (AvgIpc) is 2.73. The second-order valence-electron chi connectivity index (χ2n) is 6.51. The third kappa shape index (κ3) is 4.49. The van der Waals surface area contributed by atoms with Crippen molar-refractivity contribution in [3.05, 3.63) is 83.7 Å². The molecule has 0 aliphatic rings. The van der Waals surface area contributed by atoms with Crippen LogP contribution in [0.2, 0.25) is 0 Å². The molecule has 0 saturated heterocycles. The molecule has 1 aromatic heterocycles. The number of aromatic nitrogens is 1. The molecule has 0 saturated carbocycles. The van der Waals surface area contributed by atoms with Crippen LogP contribution in [0.5, 0.6) is 5.75 Å². The zero-order valence-electron chi connectivity index (χ0n) is 16.5. The summed E-state index contributed by atoms with van der Waals surface area (Å²) in [5, 5.41) is 2.95. The van der Waals surface area contributed by atoms with E-state index in [1.807, 2.05) is 36.4 Å². The molecule has 0 spiro atoms. The first kappa shape index (κ1) is 19.4. The molecule has 0 aliphatic heterocycles. The number of benzene rings is 2. The van der Waals surface area contributed by atoms with Gasteiger partial charge in [-0.25, -0.2) is 0 Å². The molecule has 0 bridgehead atoms. The number of ether oxygens (including phenoxy) is 1. The predicted octanol–water partition coefficient (Wildman–Crippen LogP) is 4.49. The van der Waals surface area contributed by atoms with Crippen molar-refractivity contribution in [2.75, 3.05) is 18.6 Å². The number of nitrogens with one attached hydrogen (secondary N) is 1. The smallest absolute Gasteiger partial charge is 0.253 e. The van der Waals surface area contributed by atoms with Crippen molar-refractivity contribution in [2.24, 2.45) is 0 Å². The van der Waals surface area contributed by atoms with E-state index in [2.05, 4.69) is 47.2 Å². The van der Waals surface area contributed by atoms with E-state index < -0.39 is 0 Å². The standard InChI is InChI=1S/C23H25N3O2/c1-4-26(20-10-7-8-17(2)12-20)21-13-19(14-24-16-21)23(27)25-15-18-9-5-6-11-22(18)28-3/h5-14,16H,4,15H2,1-3H3,(H,25,27). The predicted molar refractivity (Wildman–Crippen MR) is 112 cm³/mol. The highest BCUT2D eigenvalue weighted by molar-refractivity contribution is 5.95. The minimum Gasteiger partial charge on any atom is -0.496 e. The molecule has 1 N–H and O–H groups in total. The summed E-state index contributed by atoms with van der Waals surface area (Å²) in [6.45, 7) is 5.31. The topological polar surface area (TPSA) is 54.5 Å². The summed E-state index contributed by atoms with van der Waals surface area (Å²) in [6.07, 6.45) is 3.37. The molecule has 0 unspecified atom stereocenters. The van der Waals surface area contributed by atoms with Gasteiger partial charge in [0.2, 0.25) is 0 Å². The zero-order valence-corrected chi connectivity index (χ0v) is 16.5. The molecule has 1 amide bonds. The minimum absolute atomic E-state index is 0.166. The van der Waals surface area contributed by atoms with Crippen molar-refractivity contribution in [2.45, 2.75) is 20.4 Å². The van der Waals surface area contributed by atoms with Crippen LogP contribution >= 0.6 is 0 Å². The van der Waals surface area contributed by atoms with Crippen molar-refractivity contribution in [3.63, 3.8) is 0 Å². The Morgan fingerprint density at radius 1 is 1.07 bits per heavy atom. The first-order valence-corrected chi connectivity index (χ1v) is 9.31. The minimum atomic E-state index is -0.166. The number of methoxy groups -OCH3 is 1. The third-order valence-electron chi connectivity index (χ3n) is 4.56. The van der Waals surface area contributed by atoms with Crippen LogP contribution in [-0.2, 0) is 6.54 Å². The SMILES string of the molecule is CCN(c1cccc(C)c1)c1cncc(C(=O)NCc2ccccc2OC)c1. The van der Waals surface area contributed by atoms with Gasteiger partial charge in [-0.15, -0.1) is 0 Å². The number of rotatable bonds is 7. The summed E-state index contributed by atoms with van der Waals surface area (Å²) in [5.41, 5.74) is 4.61. The average molecular weight is 375 g/mol. The fraction of sp³-hybridized carbons (Fsp3) is 0.217. The number of hydrogen-bond donors (Lipinski definition) is 1. The molecular weight excluding hydrogens is 350 g/mol. The Bertz CT molecular complexity index is 956. The van der Waals surface area contributed by atoms with Gasteiger partial charge in [0.25, 0.3) is 5.91 Å². The molecule has 0 fully saturated rings. The molecule has 0 atom stereocenters. The number of para-hydroxylation sites is 1. The van der Waals surface area contributed by atoms with E-state index in [9.17, 15) is 4.79 Å². The van der Waals surface area contributed by atoms with Gasteiger partial charge < -0.3 is 15.0 Å². The monoisotopic (exact) mass is 375 g/mol. The lowest BCUT2D eigenvalue weighted by Crippen LogP contribution is -2.24. The number of aryl methyl sites for hydroxylation is 1. The number of anilines is 2. The lowest BCUT2D eigenvalue weighted by Gasteiger charge is -2.23. The van der Waals surface area contributed by atoms with Crippen molar-refractivity contribution >= 4 is 17.3 Å². The fourth-order valence-corrected chi connectivity index (χ4v) is 3.14. The van der Waals surface area contributed by atoms with Gasteiger partial charge in [-0.1, -0.05) is 30.3 Å². The van der Waals surface area contributed by atoms with Crippen LogP contribution < -0.4 is 15.0 Å². The van der Waals surface area contributed by atoms with E-state index in [0.717, 1.165) is 29.2 Å². The first-order chi connectivity index (χ1) is 13.6. The molecule has 3 aromatic rings. The van der Waals surface area contributed by atoms with Gasteiger partial charge in [-0.3, -0.25) is 9.78 Å². The highest BCUT2D eigenvalue weighted by Gasteiger charge is 2.13. The Morgan fingerprint density at radius 3 is 2.64 bits per heavy atom. The van der Waals surface area contributed by atoms with Crippen LogP contribution in [-0.4, -0.2) is 24.5 Å². The largest absolute Gasteiger partial charge is 0.496 e. The molecule has 28 heavy (non-hydrogen) atoms. The molecule has 144 valence electrons. The highest BCUT2D eigenvalue weighted by atomic mass is 16.5. The number of carbonyl (C=O) groups excluding carboxylic acids is 1. The second-order valence-corrected chi connectivity index (χ2v) is 6.51. The van der Waals surface area contributed by atoms with Crippen LogP contribution in [0.1, 0.15) is 28.4 Å². The van der Waals surface area contributed by atoms with E-state index in [0.29, 0.717) is 12.1 Å². The molecule has 0 radical (unpaired) electrons. The lowest BCUT2D eigenvalue weighted by atomic mass is 10.1. The van der Waals surface area contributed by atoms with E-state index in [-0.39, 0.29) is 5.91 Å². The second kappa shape index (κ2) is 9.04. The number of carbonyl (C=O) groups is 1. The Labute approximate surface area is 166 Å². The highest BCUT2D eigenvalue weighted by Crippen LogP contribution is 2.26. The Balaban J connectivity index is 1.77. The Hall–Kier alpha value is -3.34. The summed E-state index contributed by atoms with van der Waals surface area (Å²) in [5.74, 6) is 0.590. The van der Waals surface area contributed by atoms with Crippen molar-refractivity contribution in [3.8, 4) is 5.75 Å². The van der Waals surface area contributed by atoms with E-state index in [4.69, 9.17) is 4.74 Å². The zero-order chi connectivity index (χ0) is 19.9. The summed E-state index contributed by atoms with van der Waals surface area (Å²) < 4.78 is 5.34. The molecule has 3 rings (SSSR count). The summed E-state index contributed by atoms with van der Waals surface area (Å²) in [6, 6.07) is 17.8. The summed E-state index contributed by atoms with van der Waals surface area (Å²) >= 11 is 0. The summed E-state index contributed by atoms with van der Waals surface area (Å²) in [7, 11) is 1.62. The number of nitrogens with zero attached hydrogens (tertiary/aromatic N) is 2. The van der Waals surface area contributed by atoms with Crippen LogP contribution in [0.4, 0.5) is 11.4 Å². The Kier molecular flexibility index (Phi) is 6.27. The van der Waals surface area contributed by atoms with Crippen molar-refractivity contribution < 1.29 is 9.53 Å². The quantitative estimate of drug-likeness (QED) is 0.661. The maximum Gasteiger partial charge on any atom is 0.253 e. The van der Waals surface area contributed by atoms with Gasteiger partial charge in [-0.05, 0) is 43.7 Å². The molecule has 5 heteroatoms. The van der Waals surface area contributed by atoms with Crippen molar-refractivity contribution in [1.82, 2.24) is 10.3 Å². The van der Waals surface area contributed by atoms with Gasteiger partial charge in [0, 0.05) is 30.5 Å². The van der Waals surface area contributed by atoms with Crippen LogP contribution in [0, 0.1) is 6.92 Å². The van der Waals surface area contributed by atoms with Crippen LogP contribution in [0.3, 0.4) is 0 Å². The van der Waals surface area contributed by atoms with Gasteiger partial charge in [-0.2, -0.15) is 0 Å². The first-order valence-electron chi connectivity index (χ1n) is 9.31. The van der Waals surface area contributed by atoms with Crippen LogP contribution in [0.25, 0.3) is 0 Å².